The summed E-state index contributed by atoms with van der Waals surface area (Å²) in [5, 5.41) is 2.54. The molecule has 0 fully saturated rings. The highest BCUT2D eigenvalue weighted by Gasteiger charge is 2.29. The molecule has 0 radical (unpaired) electrons. The number of Topliss-reactive ketones (excluding diaryl/α,β-unsaturated/α-hetero) is 1. The summed E-state index contributed by atoms with van der Waals surface area (Å²) in [4.78, 5) is 43.2. The van der Waals surface area contributed by atoms with E-state index in [9.17, 15) is 14.4 Å². The number of ketones is 1. The first-order valence-electron chi connectivity index (χ1n) is 8.55. The SMILES string of the molecule is COc1cncc([C@H](OC)C(=O)N[C@@H](CCC(=O)C=[N+]=[N-])C(=O)OC(C)C)c1. The number of amides is 1. The van der Waals surface area contributed by atoms with Crippen LogP contribution in [-0.4, -0.2) is 60.0 Å². The molecule has 1 aromatic heterocycles. The molecule has 0 bridgehead atoms. The number of hydrogen-bond donors (Lipinski definition) is 1. The second kappa shape index (κ2) is 11.6. The van der Waals surface area contributed by atoms with Crippen molar-refractivity contribution in [2.75, 3.05) is 14.2 Å². The van der Waals surface area contributed by atoms with Gasteiger partial charge in [-0.05, 0) is 26.3 Å². The standard InChI is InChI=1S/C18H24N4O6/c1-11(2)28-18(25)15(6-5-13(23)9-21-19)22-17(24)16(27-4)12-7-14(26-3)10-20-8-12/h7-11,15-16H,5-6H2,1-4H3,(H,22,24)/t15-,16-/m0/s1. The number of hydrogen-bond acceptors (Lipinski definition) is 7. The number of rotatable bonds is 11. The minimum absolute atomic E-state index is 0.0328. The van der Waals surface area contributed by atoms with Gasteiger partial charge in [-0.3, -0.25) is 14.6 Å². The lowest BCUT2D eigenvalue weighted by atomic mass is 10.1. The summed E-state index contributed by atoms with van der Waals surface area (Å²) < 4.78 is 15.5. The zero-order chi connectivity index (χ0) is 21.1. The van der Waals surface area contributed by atoms with Crippen molar-refractivity contribution >= 4 is 23.9 Å². The van der Waals surface area contributed by atoms with Crippen LogP contribution >= 0.6 is 0 Å². The van der Waals surface area contributed by atoms with Gasteiger partial charge in [0, 0.05) is 25.3 Å². The highest BCUT2D eigenvalue weighted by atomic mass is 16.5. The maximum Gasteiger partial charge on any atom is 0.328 e. The van der Waals surface area contributed by atoms with Gasteiger partial charge in [-0.1, -0.05) is 0 Å². The quantitative estimate of drug-likeness (QED) is 0.255. The number of aromatic nitrogens is 1. The average Bonchev–Trinajstić information content (AvgIpc) is 2.65. The number of carbonyl (C=O) groups excluding carboxylic acids is 3. The van der Waals surface area contributed by atoms with Crippen molar-refractivity contribution in [2.24, 2.45) is 0 Å². The summed E-state index contributed by atoms with van der Waals surface area (Å²) >= 11 is 0. The number of esters is 1. The first-order valence-corrected chi connectivity index (χ1v) is 8.55. The van der Waals surface area contributed by atoms with Gasteiger partial charge >= 0.3 is 12.2 Å². The zero-order valence-electron chi connectivity index (χ0n) is 16.2. The topological polar surface area (TPSA) is 140 Å². The molecule has 2 atom stereocenters. The van der Waals surface area contributed by atoms with Gasteiger partial charge in [0.05, 0.1) is 19.4 Å². The number of pyridine rings is 1. The fourth-order valence-electron chi connectivity index (χ4n) is 2.31. The lowest BCUT2D eigenvalue weighted by molar-refractivity contribution is -0.152. The van der Waals surface area contributed by atoms with Crippen LogP contribution in [0.1, 0.15) is 38.4 Å². The molecular formula is C18H24N4O6. The molecule has 0 aliphatic heterocycles. The van der Waals surface area contributed by atoms with Crippen molar-refractivity contribution in [1.82, 2.24) is 10.3 Å². The highest BCUT2D eigenvalue weighted by molar-refractivity contribution is 6.25. The Balaban J connectivity index is 2.96. The molecule has 1 rings (SSSR count). The monoisotopic (exact) mass is 392 g/mol. The molecule has 1 N–H and O–H groups in total. The molecule has 0 spiro atoms. The molecule has 0 aliphatic rings. The molecule has 0 saturated heterocycles. The van der Waals surface area contributed by atoms with E-state index in [1.165, 1.54) is 26.6 Å². The number of carbonyl (C=O) groups is 3. The molecule has 0 saturated carbocycles. The number of nitrogens with one attached hydrogen (secondary N) is 1. The van der Waals surface area contributed by atoms with E-state index in [-0.39, 0.29) is 12.8 Å². The van der Waals surface area contributed by atoms with Gasteiger partial charge in [-0.25, -0.2) is 4.79 Å². The van der Waals surface area contributed by atoms with Crippen LogP contribution in [0.4, 0.5) is 0 Å². The minimum Gasteiger partial charge on any atom is -0.495 e. The lowest BCUT2D eigenvalue weighted by Gasteiger charge is -2.22. The van der Waals surface area contributed by atoms with Gasteiger partial charge in [0.15, 0.2) is 6.10 Å². The number of methoxy groups -OCH3 is 2. The molecule has 1 aromatic rings. The fraction of sp³-hybridized carbons (Fsp3) is 0.500. The third kappa shape index (κ3) is 7.26. The van der Waals surface area contributed by atoms with E-state index in [4.69, 9.17) is 19.7 Å². The fourth-order valence-corrected chi connectivity index (χ4v) is 2.31. The highest BCUT2D eigenvalue weighted by Crippen LogP contribution is 2.21. The Hall–Kier alpha value is -3.10. The smallest absolute Gasteiger partial charge is 0.328 e. The van der Waals surface area contributed by atoms with E-state index in [1.807, 2.05) is 0 Å². The van der Waals surface area contributed by atoms with Crippen molar-refractivity contribution in [3.63, 3.8) is 0 Å². The average molecular weight is 392 g/mol. The minimum atomic E-state index is -1.08. The van der Waals surface area contributed by atoms with Crippen molar-refractivity contribution < 1.29 is 33.4 Å². The molecule has 10 heteroatoms. The van der Waals surface area contributed by atoms with Crippen LogP contribution in [0.15, 0.2) is 18.5 Å². The second-order valence-electron chi connectivity index (χ2n) is 6.07. The van der Waals surface area contributed by atoms with Crippen LogP contribution < -0.4 is 10.1 Å². The molecule has 1 amide bonds. The van der Waals surface area contributed by atoms with Crippen LogP contribution in [0.5, 0.6) is 5.75 Å². The molecular weight excluding hydrogens is 368 g/mol. The molecule has 152 valence electrons. The van der Waals surface area contributed by atoms with Gasteiger partial charge in [-0.15, -0.1) is 0 Å². The summed E-state index contributed by atoms with van der Waals surface area (Å²) in [7, 11) is 2.81. The van der Waals surface area contributed by atoms with E-state index in [0.29, 0.717) is 11.3 Å². The number of nitrogens with zero attached hydrogens (tertiary/aromatic N) is 3. The van der Waals surface area contributed by atoms with Crippen LogP contribution in [-0.2, 0) is 23.9 Å². The van der Waals surface area contributed by atoms with Crippen LogP contribution in [0.2, 0.25) is 0 Å². The molecule has 0 aliphatic carbocycles. The first kappa shape index (κ1) is 22.9. The van der Waals surface area contributed by atoms with Gasteiger partial charge < -0.3 is 25.1 Å². The lowest BCUT2D eigenvalue weighted by Crippen LogP contribution is -2.45. The van der Waals surface area contributed by atoms with Crippen molar-refractivity contribution in [3.8, 4) is 5.75 Å². The Kier molecular flexibility index (Phi) is 9.49. The Bertz CT molecular complexity index is 745. The van der Waals surface area contributed by atoms with E-state index >= 15 is 0 Å². The van der Waals surface area contributed by atoms with Crippen LogP contribution in [0.3, 0.4) is 0 Å². The summed E-state index contributed by atoms with van der Waals surface area (Å²) in [5.74, 6) is -1.35. The molecule has 0 unspecified atom stereocenters. The summed E-state index contributed by atoms with van der Waals surface area (Å²) in [6, 6.07) is 0.505. The van der Waals surface area contributed by atoms with Gasteiger partial charge in [0.1, 0.15) is 11.8 Å². The van der Waals surface area contributed by atoms with Crippen LogP contribution in [0, 0.1) is 0 Å². The molecule has 1 heterocycles. The Morgan fingerprint density at radius 1 is 1.29 bits per heavy atom. The second-order valence-corrected chi connectivity index (χ2v) is 6.07. The Morgan fingerprint density at radius 2 is 2.00 bits per heavy atom. The summed E-state index contributed by atoms with van der Waals surface area (Å²) in [6.07, 6.45) is 2.04. The van der Waals surface area contributed by atoms with Gasteiger partial charge in [0.25, 0.3) is 5.91 Å². The Labute approximate surface area is 162 Å². The van der Waals surface area contributed by atoms with E-state index < -0.39 is 35.9 Å². The third-order valence-electron chi connectivity index (χ3n) is 3.58. The van der Waals surface area contributed by atoms with E-state index in [0.717, 1.165) is 6.21 Å². The summed E-state index contributed by atoms with van der Waals surface area (Å²) in [6.45, 7) is 3.33. The number of ether oxygens (including phenoxy) is 3. The third-order valence-corrected chi connectivity index (χ3v) is 3.58. The van der Waals surface area contributed by atoms with Crippen LogP contribution in [0.25, 0.3) is 5.53 Å². The van der Waals surface area contributed by atoms with Gasteiger partial charge in [0.2, 0.25) is 5.78 Å². The van der Waals surface area contributed by atoms with E-state index in [2.05, 4.69) is 15.1 Å². The first-order chi connectivity index (χ1) is 13.3. The van der Waals surface area contributed by atoms with E-state index in [1.54, 1.807) is 19.9 Å². The normalized spacial score (nSPS) is 12.5. The summed E-state index contributed by atoms with van der Waals surface area (Å²) in [5.41, 5.74) is 8.83. The van der Waals surface area contributed by atoms with Crippen molar-refractivity contribution in [1.29, 1.82) is 0 Å². The van der Waals surface area contributed by atoms with Crippen molar-refractivity contribution in [2.45, 2.75) is 44.9 Å². The largest absolute Gasteiger partial charge is 0.495 e. The zero-order valence-corrected chi connectivity index (χ0v) is 16.2. The molecule has 10 nitrogen and oxygen atoms in total. The molecule has 28 heavy (non-hydrogen) atoms. The van der Waals surface area contributed by atoms with Gasteiger partial charge in [-0.2, -0.15) is 4.79 Å². The predicted molar refractivity (Wildman–Crippen MR) is 97.6 cm³/mol. The maximum absolute atomic E-state index is 12.7. The Morgan fingerprint density at radius 3 is 2.57 bits per heavy atom. The predicted octanol–water partition coefficient (Wildman–Crippen LogP) is 0.864. The maximum atomic E-state index is 12.7. The molecule has 0 aromatic carbocycles. The van der Waals surface area contributed by atoms with Crippen molar-refractivity contribution in [3.05, 3.63) is 29.6 Å².